The highest BCUT2D eigenvalue weighted by Gasteiger charge is 2.19. The molecule has 0 bridgehead atoms. The van der Waals surface area contributed by atoms with Gasteiger partial charge in [0.1, 0.15) is 11.3 Å². The van der Waals surface area contributed by atoms with Gasteiger partial charge >= 0.3 is 11.6 Å². The standard InChI is InChI=1S/C23H21NO6/c1-14-5-2-3-8-19(14)24-21(25)12-29-22(26)13-28-15-9-10-17-16-6-4-7-18(16)23(27)30-20(17)11-15/h2-3,5,8-11H,4,6-7,12-13H2,1H3,(H,24,25). The van der Waals surface area contributed by atoms with E-state index in [1.165, 1.54) is 0 Å². The van der Waals surface area contributed by atoms with Crippen molar-refractivity contribution in [3.63, 3.8) is 0 Å². The third-order valence-corrected chi connectivity index (χ3v) is 5.09. The van der Waals surface area contributed by atoms with Crippen molar-refractivity contribution in [1.29, 1.82) is 0 Å². The topological polar surface area (TPSA) is 94.8 Å². The number of hydrogen-bond acceptors (Lipinski definition) is 6. The highest BCUT2D eigenvalue weighted by molar-refractivity contribution is 5.93. The first kappa shape index (κ1) is 19.7. The molecule has 30 heavy (non-hydrogen) atoms. The zero-order valence-corrected chi connectivity index (χ0v) is 16.5. The largest absolute Gasteiger partial charge is 0.482 e. The molecule has 0 atom stereocenters. The molecule has 0 spiro atoms. The molecule has 2 aromatic carbocycles. The van der Waals surface area contributed by atoms with Crippen LogP contribution in [-0.2, 0) is 27.2 Å². The van der Waals surface area contributed by atoms with Gasteiger partial charge in [0.05, 0.1) is 0 Å². The molecule has 1 aliphatic rings. The molecule has 0 aliphatic heterocycles. The van der Waals surface area contributed by atoms with Crippen LogP contribution < -0.4 is 15.7 Å². The Labute approximate surface area is 172 Å². The average Bonchev–Trinajstić information content (AvgIpc) is 3.23. The average molecular weight is 407 g/mol. The number of amides is 1. The molecule has 0 fully saturated rings. The number of aryl methyl sites for hydroxylation is 2. The summed E-state index contributed by atoms with van der Waals surface area (Å²) in [6, 6.07) is 12.5. The van der Waals surface area contributed by atoms with Gasteiger partial charge < -0.3 is 19.2 Å². The highest BCUT2D eigenvalue weighted by atomic mass is 16.6. The smallest absolute Gasteiger partial charge is 0.344 e. The van der Waals surface area contributed by atoms with Crippen LogP contribution in [0.25, 0.3) is 11.0 Å². The Morgan fingerprint density at radius 3 is 2.70 bits per heavy atom. The van der Waals surface area contributed by atoms with E-state index in [4.69, 9.17) is 13.9 Å². The number of carbonyl (C=O) groups is 2. The molecule has 0 saturated heterocycles. The van der Waals surface area contributed by atoms with E-state index in [2.05, 4.69) is 5.32 Å². The Morgan fingerprint density at radius 1 is 1.07 bits per heavy atom. The minimum absolute atomic E-state index is 0.314. The fourth-order valence-electron chi connectivity index (χ4n) is 3.58. The van der Waals surface area contributed by atoms with Crippen molar-refractivity contribution in [2.45, 2.75) is 26.2 Å². The van der Waals surface area contributed by atoms with Gasteiger partial charge in [-0.05, 0) is 55.5 Å². The lowest BCUT2D eigenvalue weighted by atomic mass is 10.1. The van der Waals surface area contributed by atoms with Crippen LogP contribution in [0.5, 0.6) is 5.75 Å². The Morgan fingerprint density at radius 2 is 1.87 bits per heavy atom. The Bertz CT molecular complexity index is 1180. The van der Waals surface area contributed by atoms with Crippen molar-refractivity contribution in [3.05, 3.63) is 69.6 Å². The van der Waals surface area contributed by atoms with E-state index in [1.54, 1.807) is 18.2 Å². The first-order valence-electron chi connectivity index (χ1n) is 9.74. The molecule has 1 amide bonds. The van der Waals surface area contributed by atoms with Crippen LogP contribution in [0.3, 0.4) is 0 Å². The Balaban J connectivity index is 1.32. The SMILES string of the molecule is Cc1ccccc1NC(=O)COC(=O)COc1ccc2c3c(c(=O)oc2c1)CCC3. The van der Waals surface area contributed by atoms with Gasteiger partial charge in [-0.1, -0.05) is 18.2 Å². The van der Waals surface area contributed by atoms with E-state index in [0.29, 0.717) is 17.0 Å². The van der Waals surface area contributed by atoms with Gasteiger partial charge in [-0.2, -0.15) is 0 Å². The zero-order valence-electron chi connectivity index (χ0n) is 16.5. The van der Waals surface area contributed by atoms with Crippen molar-refractivity contribution in [3.8, 4) is 5.75 Å². The van der Waals surface area contributed by atoms with Crippen LogP contribution >= 0.6 is 0 Å². The van der Waals surface area contributed by atoms with Crippen LogP contribution in [0.2, 0.25) is 0 Å². The maximum Gasteiger partial charge on any atom is 0.344 e. The first-order chi connectivity index (χ1) is 14.5. The van der Waals surface area contributed by atoms with Crippen molar-refractivity contribution in [2.24, 2.45) is 0 Å². The zero-order chi connectivity index (χ0) is 21.1. The molecule has 154 valence electrons. The van der Waals surface area contributed by atoms with Gasteiger partial charge in [0.15, 0.2) is 13.2 Å². The highest BCUT2D eigenvalue weighted by Crippen LogP contribution is 2.29. The summed E-state index contributed by atoms with van der Waals surface area (Å²) in [5.41, 5.74) is 3.49. The number of nitrogens with one attached hydrogen (secondary N) is 1. The summed E-state index contributed by atoms with van der Waals surface area (Å²) in [5, 5.41) is 3.58. The van der Waals surface area contributed by atoms with E-state index in [0.717, 1.165) is 41.3 Å². The number of benzene rings is 2. The summed E-state index contributed by atoms with van der Waals surface area (Å²) in [5.74, 6) is -0.727. The summed E-state index contributed by atoms with van der Waals surface area (Å²) in [4.78, 5) is 35.9. The minimum atomic E-state index is -0.676. The van der Waals surface area contributed by atoms with E-state index >= 15 is 0 Å². The maximum absolute atomic E-state index is 12.1. The summed E-state index contributed by atoms with van der Waals surface area (Å²) in [6.45, 7) is 1.10. The quantitative estimate of drug-likeness (QED) is 0.498. The Hall–Kier alpha value is -3.61. The number of fused-ring (bicyclic) bond motifs is 3. The van der Waals surface area contributed by atoms with Crippen molar-refractivity contribution in [1.82, 2.24) is 0 Å². The summed E-state index contributed by atoms with van der Waals surface area (Å²) in [6.07, 6.45) is 2.55. The third-order valence-electron chi connectivity index (χ3n) is 5.09. The van der Waals surface area contributed by atoms with Crippen molar-refractivity contribution in [2.75, 3.05) is 18.5 Å². The fourth-order valence-corrected chi connectivity index (χ4v) is 3.58. The normalized spacial score (nSPS) is 12.4. The van der Waals surface area contributed by atoms with Crippen molar-refractivity contribution >= 4 is 28.5 Å². The Kier molecular flexibility index (Phi) is 5.52. The molecular weight excluding hydrogens is 386 g/mol. The number of rotatable bonds is 6. The van der Waals surface area contributed by atoms with E-state index < -0.39 is 18.5 Å². The molecule has 1 N–H and O–H groups in total. The second kappa shape index (κ2) is 8.41. The molecule has 0 radical (unpaired) electrons. The molecule has 7 heteroatoms. The molecule has 1 aromatic heterocycles. The van der Waals surface area contributed by atoms with Gasteiger partial charge in [-0.15, -0.1) is 0 Å². The summed E-state index contributed by atoms with van der Waals surface area (Å²) < 4.78 is 15.8. The number of para-hydroxylation sites is 1. The van der Waals surface area contributed by atoms with Crippen LogP contribution in [0.15, 0.2) is 51.7 Å². The van der Waals surface area contributed by atoms with Crippen LogP contribution in [0, 0.1) is 6.92 Å². The molecule has 3 aromatic rings. The van der Waals surface area contributed by atoms with Gasteiger partial charge in [-0.25, -0.2) is 9.59 Å². The molecular formula is C23H21NO6. The first-order valence-corrected chi connectivity index (χ1v) is 9.74. The molecule has 7 nitrogen and oxygen atoms in total. The summed E-state index contributed by atoms with van der Waals surface area (Å²) >= 11 is 0. The predicted octanol–water partition coefficient (Wildman–Crippen LogP) is 3.15. The lowest BCUT2D eigenvalue weighted by Crippen LogP contribution is -2.24. The molecule has 4 rings (SSSR count). The monoisotopic (exact) mass is 407 g/mol. The van der Waals surface area contributed by atoms with Gasteiger partial charge in [0.2, 0.25) is 0 Å². The lowest BCUT2D eigenvalue weighted by molar-refractivity contribution is -0.149. The number of hydrogen-bond donors (Lipinski definition) is 1. The molecule has 0 saturated carbocycles. The second-order valence-electron chi connectivity index (χ2n) is 7.17. The van der Waals surface area contributed by atoms with E-state index in [1.807, 2.05) is 31.2 Å². The molecule has 0 unspecified atom stereocenters. The summed E-state index contributed by atoms with van der Waals surface area (Å²) in [7, 11) is 0. The third kappa shape index (κ3) is 4.20. The lowest BCUT2D eigenvalue weighted by Gasteiger charge is -2.10. The van der Waals surface area contributed by atoms with Crippen LogP contribution in [0.4, 0.5) is 5.69 Å². The number of anilines is 1. The number of esters is 1. The van der Waals surface area contributed by atoms with Crippen molar-refractivity contribution < 1.29 is 23.5 Å². The maximum atomic E-state index is 12.1. The number of ether oxygens (including phenoxy) is 2. The van der Waals surface area contributed by atoms with Gasteiger partial charge in [0, 0.05) is 22.7 Å². The van der Waals surface area contributed by atoms with Crippen LogP contribution in [-0.4, -0.2) is 25.1 Å². The minimum Gasteiger partial charge on any atom is -0.482 e. The van der Waals surface area contributed by atoms with Gasteiger partial charge in [0.25, 0.3) is 5.91 Å². The fraction of sp³-hybridized carbons (Fsp3) is 0.261. The second-order valence-corrected chi connectivity index (χ2v) is 7.17. The number of carbonyl (C=O) groups excluding carboxylic acids is 2. The molecule has 1 heterocycles. The van der Waals surface area contributed by atoms with E-state index in [9.17, 15) is 14.4 Å². The van der Waals surface area contributed by atoms with Crippen LogP contribution in [0.1, 0.15) is 23.1 Å². The van der Waals surface area contributed by atoms with Gasteiger partial charge in [-0.3, -0.25) is 4.79 Å². The predicted molar refractivity (Wildman–Crippen MR) is 111 cm³/mol. The molecule has 1 aliphatic carbocycles. The van der Waals surface area contributed by atoms with E-state index in [-0.39, 0.29) is 12.2 Å².